The average Bonchev–Trinajstić information content (AvgIpc) is 3.11. The number of hydrogen-bond acceptors (Lipinski definition) is 7. The van der Waals surface area contributed by atoms with E-state index in [0.717, 1.165) is 18.2 Å². The van der Waals surface area contributed by atoms with Crippen LogP contribution in [0, 0.1) is 18.6 Å². The molecule has 7 nitrogen and oxygen atoms in total. The van der Waals surface area contributed by atoms with Gasteiger partial charge in [-0.3, -0.25) is 4.79 Å². The van der Waals surface area contributed by atoms with E-state index in [1.54, 1.807) is 6.92 Å². The minimum absolute atomic E-state index is 0.0921. The minimum Gasteiger partial charge on any atom is -0.485 e. The first-order valence-corrected chi connectivity index (χ1v) is 8.10. The summed E-state index contributed by atoms with van der Waals surface area (Å²) >= 11 is 0. The summed E-state index contributed by atoms with van der Waals surface area (Å²) in [5.41, 5.74) is -0.316. The zero-order valence-electron chi connectivity index (χ0n) is 14.6. The average molecular weight is 388 g/mol. The highest BCUT2D eigenvalue weighted by molar-refractivity contribution is 5.99. The number of halogens is 2. The Morgan fingerprint density at radius 2 is 1.86 bits per heavy atom. The Labute approximate surface area is 157 Å². The van der Waals surface area contributed by atoms with Gasteiger partial charge in [0.15, 0.2) is 13.2 Å². The summed E-state index contributed by atoms with van der Waals surface area (Å²) in [4.78, 5) is 27.9. The number of esters is 1. The highest BCUT2D eigenvalue weighted by Crippen LogP contribution is 2.15. The molecule has 0 saturated heterocycles. The lowest BCUT2D eigenvalue weighted by atomic mass is 10.1. The van der Waals surface area contributed by atoms with Crippen molar-refractivity contribution in [2.75, 3.05) is 6.61 Å². The predicted molar refractivity (Wildman–Crippen MR) is 90.8 cm³/mol. The topological polar surface area (TPSA) is 91.5 Å². The molecule has 0 aliphatic rings. The first-order chi connectivity index (χ1) is 13.4. The molecule has 3 aromatic rings. The summed E-state index contributed by atoms with van der Waals surface area (Å²) in [5, 5.41) is 3.69. The third kappa shape index (κ3) is 4.76. The lowest BCUT2D eigenvalue weighted by molar-refractivity contribution is 0.0473. The van der Waals surface area contributed by atoms with E-state index in [-0.39, 0.29) is 12.2 Å². The normalized spacial score (nSPS) is 10.5. The number of benzene rings is 2. The van der Waals surface area contributed by atoms with Crippen LogP contribution in [0.15, 0.2) is 47.0 Å². The van der Waals surface area contributed by atoms with E-state index in [0.29, 0.717) is 17.5 Å². The van der Waals surface area contributed by atoms with Gasteiger partial charge in [0, 0.05) is 6.92 Å². The molecule has 3 rings (SSSR count). The van der Waals surface area contributed by atoms with Crippen molar-refractivity contribution in [2.45, 2.75) is 13.5 Å². The second-order valence-electron chi connectivity index (χ2n) is 5.67. The van der Waals surface area contributed by atoms with E-state index >= 15 is 0 Å². The predicted octanol–water partition coefficient (Wildman–Crippen LogP) is 3.27. The highest BCUT2D eigenvalue weighted by Gasteiger charge is 2.16. The maximum Gasteiger partial charge on any atom is 0.338 e. The number of aromatic nitrogens is 2. The van der Waals surface area contributed by atoms with Crippen molar-refractivity contribution < 1.29 is 32.4 Å². The number of Topliss-reactive ketones (excluding diaryl/α,β-unsaturated/α-hetero) is 1. The van der Waals surface area contributed by atoms with Crippen LogP contribution in [0.25, 0.3) is 0 Å². The van der Waals surface area contributed by atoms with Gasteiger partial charge in [0.05, 0.1) is 11.1 Å². The van der Waals surface area contributed by atoms with Crippen LogP contribution in [0.4, 0.5) is 8.78 Å². The van der Waals surface area contributed by atoms with Gasteiger partial charge in [-0.2, -0.15) is 4.98 Å². The zero-order chi connectivity index (χ0) is 20.1. The molecule has 0 unspecified atom stereocenters. The molecule has 144 valence electrons. The van der Waals surface area contributed by atoms with Crippen molar-refractivity contribution in [1.82, 2.24) is 10.1 Å². The number of ether oxygens (including phenoxy) is 2. The van der Waals surface area contributed by atoms with Crippen LogP contribution in [0.2, 0.25) is 0 Å². The van der Waals surface area contributed by atoms with E-state index in [2.05, 4.69) is 10.1 Å². The first-order valence-electron chi connectivity index (χ1n) is 8.10. The highest BCUT2D eigenvalue weighted by atomic mass is 19.1. The van der Waals surface area contributed by atoms with E-state index in [1.165, 1.54) is 24.3 Å². The molecule has 0 radical (unpaired) electrons. The molecule has 0 saturated carbocycles. The molecule has 0 spiro atoms. The van der Waals surface area contributed by atoms with Crippen molar-refractivity contribution in [2.24, 2.45) is 0 Å². The van der Waals surface area contributed by atoms with Gasteiger partial charge in [0.2, 0.25) is 17.5 Å². The van der Waals surface area contributed by atoms with Crippen molar-refractivity contribution in [3.8, 4) is 5.75 Å². The molecule has 1 heterocycles. The van der Waals surface area contributed by atoms with E-state index in [1.807, 2.05) is 0 Å². The second kappa shape index (κ2) is 8.38. The second-order valence-corrected chi connectivity index (χ2v) is 5.67. The molecule has 0 atom stereocenters. The Hall–Kier alpha value is -3.62. The van der Waals surface area contributed by atoms with Crippen LogP contribution < -0.4 is 4.74 Å². The largest absolute Gasteiger partial charge is 0.485 e. The van der Waals surface area contributed by atoms with Gasteiger partial charge in [-0.15, -0.1) is 0 Å². The molecule has 0 aliphatic carbocycles. The van der Waals surface area contributed by atoms with Gasteiger partial charge in [0.1, 0.15) is 17.4 Å². The zero-order valence-corrected chi connectivity index (χ0v) is 14.6. The number of carbonyl (C=O) groups is 2. The summed E-state index contributed by atoms with van der Waals surface area (Å²) in [6.07, 6.45) is 0. The summed E-state index contributed by atoms with van der Waals surface area (Å²) < 4.78 is 41.8. The van der Waals surface area contributed by atoms with Crippen LogP contribution in [0.5, 0.6) is 5.75 Å². The third-order valence-electron chi connectivity index (χ3n) is 3.59. The van der Waals surface area contributed by atoms with Crippen molar-refractivity contribution in [3.63, 3.8) is 0 Å². The molecule has 1 aromatic heterocycles. The van der Waals surface area contributed by atoms with Gasteiger partial charge >= 0.3 is 5.97 Å². The maximum atomic E-state index is 13.6. The standard InChI is InChI=1S/C19H14F2N2O5/c1-11-22-18(23-28-11)10-26-14-5-2-12(3-6-14)19(25)27-9-17(24)15-8-13(20)4-7-16(15)21/h2-8H,9-10H2,1H3. The summed E-state index contributed by atoms with van der Waals surface area (Å²) in [6, 6.07) is 8.40. The van der Waals surface area contributed by atoms with E-state index in [4.69, 9.17) is 14.0 Å². The quantitative estimate of drug-likeness (QED) is 0.453. The fourth-order valence-corrected chi connectivity index (χ4v) is 2.24. The fraction of sp³-hybridized carbons (Fsp3) is 0.158. The van der Waals surface area contributed by atoms with Gasteiger partial charge in [-0.25, -0.2) is 13.6 Å². The van der Waals surface area contributed by atoms with Gasteiger partial charge in [0.25, 0.3) is 0 Å². The lowest BCUT2D eigenvalue weighted by Crippen LogP contribution is -2.15. The van der Waals surface area contributed by atoms with Crippen LogP contribution in [0.1, 0.15) is 32.4 Å². The van der Waals surface area contributed by atoms with Gasteiger partial charge in [-0.1, -0.05) is 5.16 Å². The number of ketones is 1. The smallest absolute Gasteiger partial charge is 0.338 e. The SMILES string of the molecule is Cc1nc(COc2ccc(C(=O)OCC(=O)c3cc(F)ccc3F)cc2)no1. The number of rotatable bonds is 7. The molecule has 0 amide bonds. The molecular weight excluding hydrogens is 374 g/mol. The number of nitrogens with zero attached hydrogens (tertiary/aromatic N) is 2. The van der Waals surface area contributed by atoms with Gasteiger partial charge < -0.3 is 14.0 Å². The van der Waals surface area contributed by atoms with E-state index in [9.17, 15) is 18.4 Å². The Balaban J connectivity index is 1.54. The number of hydrogen-bond donors (Lipinski definition) is 0. The molecule has 0 bridgehead atoms. The summed E-state index contributed by atoms with van der Waals surface area (Å²) in [7, 11) is 0. The molecule has 9 heteroatoms. The van der Waals surface area contributed by atoms with Crippen LogP contribution >= 0.6 is 0 Å². The van der Waals surface area contributed by atoms with Crippen molar-refractivity contribution >= 4 is 11.8 Å². The van der Waals surface area contributed by atoms with Crippen molar-refractivity contribution in [1.29, 1.82) is 0 Å². The van der Waals surface area contributed by atoms with E-state index < -0.39 is 35.6 Å². The van der Waals surface area contributed by atoms with Crippen LogP contribution in [-0.2, 0) is 11.3 Å². The molecule has 2 aromatic carbocycles. The molecule has 0 N–H and O–H groups in total. The molecule has 0 fully saturated rings. The maximum absolute atomic E-state index is 13.6. The molecule has 28 heavy (non-hydrogen) atoms. The Morgan fingerprint density at radius 3 is 2.54 bits per heavy atom. The minimum atomic E-state index is -0.888. The Kier molecular flexibility index (Phi) is 5.73. The molecular formula is C19H14F2N2O5. The first kappa shape index (κ1) is 19.2. The fourth-order valence-electron chi connectivity index (χ4n) is 2.24. The van der Waals surface area contributed by atoms with Gasteiger partial charge in [-0.05, 0) is 42.5 Å². The Morgan fingerprint density at radius 1 is 1.11 bits per heavy atom. The van der Waals surface area contributed by atoms with Crippen molar-refractivity contribution in [3.05, 3.63) is 76.9 Å². The summed E-state index contributed by atoms with van der Waals surface area (Å²) in [6.45, 7) is 1.04. The number of aryl methyl sites for hydroxylation is 1. The lowest BCUT2D eigenvalue weighted by Gasteiger charge is -2.07. The monoisotopic (exact) mass is 388 g/mol. The number of carbonyl (C=O) groups excluding carboxylic acids is 2. The Bertz CT molecular complexity index is 1000. The molecule has 0 aliphatic heterocycles. The van der Waals surface area contributed by atoms with Crippen LogP contribution in [0.3, 0.4) is 0 Å². The summed E-state index contributed by atoms with van der Waals surface area (Å²) in [5.74, 6) is -2.03. The third-order valence-corrected chi connectivity index (χ3v) is 3.59. The van der Waals surface area contributed by atoms with Crippen LogP contribution in [-0.4, -0.2) is 28.5 Å².